The molecule has 0 aromatic carbocycles. The smallest absolute Gasteiger partial charge is 0.277 e. The Labute approximate surface area is 67.6 Å². The molecule has 0 aliphatic rings. The van der Waals surface area contributed by atoms with Gasteiger partial charge in [0.15, 0.2) is 6.19 Å². The summed E-state index contributed by atoms with van der Waals surface area (Å²) in [5, 5.41) is 20.6. The molecule has 0 aliphatic heterocycles. The number of pyridine rings is 1. The molecule has 1 aromatic rings. The molecule has 0 saturated carbocycles. The molecule has 1 rings (SSSR count). The quantitative estimate of drug-likeness (QED) is 0.303. The summed E-state index contributed by atoms with van der Waals surface area (Å²) in [6.45, 7) is 0. The van der Waals surface area contributed by atoms with Crippen LogP contribution < -0.4 is 5.32 Å². The van der Waals surface area contributed by atoms with Crippen LogP contribution in [0.1, 0.15) is 0 Å². The van der Waals surface area contributed by atoms with Crippen molar-refractivity contribution >= 4 is 11.5 Å². The summed E-state index contributed by atoms with van der Waals surface area (Å²) in [6.07, 6.45) is 2.73. The standard InChI is InChI=1S/C6H4N4O2/c7-4-9-6-2-1-5(3-8-6)10(11)12/h1-3H,(H,8,9). The second kappa shape index (κ2) is 3.30. The Kier molecular flexibility index (Phi) is 2.18. The highest BCUT2D eigenvalue weighted by Crippen LogP contribution is 2.10. The van der Waals surface area contributed by atoms with Crippen LogP contribution in [0.25, 0.3) is 0 Å². The highest BCUT2D eigenvalue weighted by molar-refractivity contribution is 5.42. The molecule has 0 fully saturated rings. The van der Waals surface area contributed by atoms with Gasteiger partial charge in [0.1, 0.15) is 12.0 Å². The lowest BCUT2D eigenvalue weighted by Gasteiger charge is -1.93. The van der Waals surface area contributed by atoms with E-state index < -0.39 is 4.92 Å². The molecule has 6 heteroatoms. The summed E-state index contributed by atoms with van der Waals surface area (Å²) in [5.74, 6) is 0.295. The fourth-order valence-corrected chi connectivity index (χ4v) is 0.625. The molecule has 1 aromatic heterocycles. The highest BCUT2D eigenvalue weighted by Gasteiger charge is 2.03. The normalized spacial score (nSPS) is 8.58. The highest BCUT2D eigenvalue weighted by atomic mass is 16.6. The summed E-state index contributed by atoms with van der Waals surface area (Å²) in [6, 6.07) is 2.63. The number of nitriles is 1. The Bertz CT molecular complexity index is 326. The third kappa shape index (κ3) is 1.67. The van der Waals surface area contributed by atoms with E-state index in [1.54, 1.807) is 6.19 Å². The van der Waals surface area contributed by atoms with Gasteiger partial charge in [0.2, 0.25) is 0 Å². The van der Waals surface area contributed by atoms with Crippen molar-refractivity contribution in [1.29, 1.82) is 5.26 Å². The van der Waals surface area contributed by atoms with Crippen molar-refractivity contribution in [2.75, 3.05) is 5.32 Å². The van der Waals surface area contributed by atoms with Crippen molar-refractivity contribution in [3.05, 3.63) is 28.4 Å². The zero-order valence-corrected chi connectivity index (χ0v) is 5.89. The van der Waals surface area contributed by atoms with Crippen molar-refractivity contribution in [3.63, 3.8) is 0 Å². The minimum absolute atomic E-state index is 0.0986. The average Bonchev–Trinajstić information content (AvgIpc) is 2.06. The van der Waals surface area contributed by atoms with Crippen LogP contribution in [0.5, 0.6) is 0 Å². The van der Waals surface area contributed by atoms with Gasteiger partial charge in [0, 0.05) is 6.07 Å². The van der Waals surface area contributed by atoms with Gasteiger partial charge in [-0.1, -0.05) is 0 Å². The van der Waals surface area contributed by atoms with Gasteiger partial charge in [0.05, 0.1) is 4.92 Å². The Hall–Kier alpha value is -2.16. The minimum atomic E-state index is -0.552. The van der Waals surface area contributed by atoms with Crippen molar-refractivity contribution in [3.8, 4) is 6.19 Å². The molecule has 0 spiro atoms. The van der Waals surface area contributed by atoms with Crippen LogP contribution in [-0.4, -0.2) is 9.91 Å². The van der Waals surface area contributed by atoms with E-state index >= 15 is 0 Å². The molecule has 0 unspecified atom stereocenters. The monoisotopic (exact) mass is 164 g/mol. The van der Waals surface area contributed by atoms with Crippen LogP contribution in [0.3, 0.4) is 0 Å². The predicted octanol–water partition coefficient (Wildman–Crippen LogP) is 0.883. The first-order valence-electron chi connectivity index (χ1n) is 2.99. The second-order valence-electron chi connectivity index (χ2n) is 1.90. The van der Waals surface area contributed by atoms with Gasteiger partial charge in [-0.05, 0) is 6.07 Å². The average molecular weight is 164 g/mol. The third-order valence-corrected chi connectivity index (χ3v) is 1.14. The summed E-state index contributed by atoms with van der Waals surface area (Å²) >= 11 is 0. The zero-order valence-electron chi connectivity index (χ0n) is 5.89. The van der Waals surface area contributed by atoms with Gasteiger partial charge < -0.3 is 0 Å². The SMILES string of the molecule is N#CNc1ccc([N+](=O)[O-])cn1. The summed E-state index contributed by atoms with van der Waals surface area (Å²) < 4.78 is 0. The molecule has 1 heterocycles. The molecule has 12 heavy (non-hydrogen) atoms. The van der Waals surface area contributed by atoms with E-state index in [-0.39, 0.29) is 5.69 Å². The van der Waals surface area contributed by atoms with Crippen LogP contribution in [0.2, 0.25) is 0 Å². The van der Waals surface area contributed by atoms with Gasteiger partial charge in [-0.15, -0.1) is 0 Å². The summed E-state index contributed by atoms with van der Waals surface area (Å²) in [4.78, 5) is 13.2. The number of aromatic nitrogens is 1. The van der Waals surface area contributed by atoms with Gasteiger partial charge in [-0.2, -0.15) is 5.26 Å². The number of hydrogen-bond donors (Lipinski definition) is 1. The molecule has 1 N–H and O–H groups in total. The predicted molar refractivity (Wildman–Crippen MR) is 40.1 cm³/mol. The summed E-state index contributed by atoms with van der Waals surface area (Å²) in [7, 11) is 0. The van der Waals surface area contributed by atoms with Crippen LogP contribution in [0.15, 0.2) is 18.3 Å². The molecular weight excluding hydrogens is 160 g/mol. The number of nitrogens with one attached hydrogen (secondary N) is 1. The Balaban J connectivity index is 2.87. The van der Waals surface area contributed by atoms with E-state index in [4.69, 9.17) is 5.26 Å². The van der Waals surface area contributed by atoms with E-state index in [0.29, 0.717) is 5.82 Å². The van der Waals surface area contributed by atoms with Crippen LogP contribution in [0, 0.1) is 21.6 Å². The Morgan fingerprint density at radius 1 is 1.67 bits per heavy atom. The molecule has 0 amide bonds. The van der Waals surface area contributed by atoms with E-state index in [0.717, 1.165) is 6.20 Å². The van der Waals surface area contributed by atoms with Crippen molar-refractivity contribution < 1.29 is 4.92 Å². The second-order valence-corrected chi connectivity index (χ2v) is 1.90. The van der Waals surface area contributed by atoms with E-state index in [1.807, 2.05) is 0 Å². The Morgan fingerprint density at radius 2 is 2.42 bits per heavy atom. The first kappa shape index (κ1) is 7.94. The van der Waals surface area contributed by atoms with Gasteiger partial charge >= 0.3 is 0 Å². The van der Waals surface area contributed by atoms with Crippen molar-refractivity contribution in [2.24, 2.45) is 0 Å². The zero-order chi connectivity index (χ0) is 8.97. The largest absolute Gasteiger partial charge is 0.287 e. The fraction of sp³-hybridized carbons (Fsp3) is 0. The first-order valence-corrected chi connectivity index (χ1v) is 2.99. The van der Waals surface area contributed by atoms with Crippen molar-refractivity contribution in [2.45, 2.75) is 0 Å². The number of hydrogen-bond acceptors (Lipinski definition) is 5. The Morgan fingerprint density at radius 3 is 2.83 bits per heavy atom. The van der Waals surface area contributed by atoms with Gasteiger partial charge in [0.25, 0.3) is 5.69 Å². The summed E-state index contributed by atoms with van der Waals surface area (Å²) in [5.41, 5.74) is -0.0986. The maximum atomic E-state index is 10.2. The molecule has 0 saturated heterocycles. The lowest BCUT2D eigenvalue weighted by Crippen LogP contribution is -1.93. The van der Waals surface area contributed by atoms with E-state index in [2.05, 4.69) is 10.3 Å². The maximum Gasteiger partial charge on any atom is 0.287 e. The molecular formula is C6H4N4O2. The van der Waals surface area contributed by atoms with E-state index in [1.165, 1.54) is 12.1 Å². The third-order valence-electron chi connectivity index (χ3n) is 1.14. The lowest BCUT2D eigenvalue weighted by atomic mass is 10.4. The maximum absolute atomic E-state index is 10.2. The molecule has 0 bridgehead atoms. The van der Waals surface area contributed by atoms with Crippen LogP contribution in [0.4, 0.5) is 11.5 Å². The number of nitro groups is 1. The van der Waals surface area contributed by atoms with Crippen LogP contribution >= 0.6 is 0 Å². The number of rotatable bonds is 2. The molecule has 60 valence electrons. The molecule has 0 aliphatic carbocycles. The lowest BCUT2D eigenvalue weighted by molar-refractivity contribution is -0.385. The first-order chi connectivity index (χ1) is 5.74. The number of anilines is 1. The topological polar surface area (TPSA) is 91.8 Å². The minimum Gasteiger partial charge on any atom is -0.277 e. The van der Waals surface area contributed by atoms with Gasteiger partial charge in [-0.25, -0.2) is 4.98 Å². The van der Waals surface area contributed by atoms with Crippen LogP contribution in [-0.2, 0) is 0 Å². The van der Waals surface area contributed by atoms with Crippen molar-refractivity contribution in [1.82, 2.24) is 4.98 Å². The number of nitrogens with zero attached hydrogens (tertiary/aromatic N) is 3. The molecule has 0 atom stereocenters. The fourth-order valence-electron chi connectivity index (χ4n) is 0.625. The van der Waals surface area contributed by atoms with E-state index in [9.17, 15) is 10.1 Å². The van der Waals surface area contributed by atoms with Gasteiger partial charge in [-0.3, -0.25) is 15.4 Å². The molecule has 6 nitrogen and oxygen atoms in total. The molecule has 0 radical (unpaired) electrons.